The van der Waals surface area contributed by atoms with E-state index in [1.165, 1.54) is 6.26 Å². The van der Waals surface area contributed by atoms with E-state index in [9.17, 15) is 8.42 Å². The largest absolute Gasteiger partial charge is 0.379 e. The first-order valence-corrected chi connectivity index (χ1v) is 8.49. The molecule has 1 rings (SSSR count). The van der Waals surface area contributed by atoms with Crippen LogP contribution in [0.15, 0.2) is 29.2 Å². The lowest BCUT2D eigenvalue weighted by atomic mass is 10.1. The molecule has 19 heavy (non-hydrogen) atoms. The first kappa shape index (κ1) is 16.1. The highest BCUT2D eigenvalue weighted by atomic mass is 32.2. The first-order chi connectivity index (χ1) is 8.99. The molecule has 0 saturated carbocycles. The van der Waals surface area contributed by atoms with Crippen LogP contribution in [0, 0.1) is 0 Å². The van der Waals surface area contributed by atoms with Gasteiger partial charge in [0.25, 0.3) is 0 Å². The molecule has 1 N–H and O–H groups in total. The van der Waals surface area contributed by atoms with E-state index in [2.05, 4.69) is 12.2 Å². The van der Waals surface area contributed by atoms with Crippen molar-refractivity contribution in [2.45, 2.75) is 31.2 Å². The quantitative estimate of drug-likeness (QED) is 0.744. The van der Waals surface area contributed by atoms with Crippen LogP contribution in [0.3, 0.4) is 0 Å². The number of ether oxygens (including phenoxy) is 1. The average Bonchev–Trinajstić information content (AvgIpc) is 2.37. The van der Waals surface area contributed by atoms with Crippen molar-refractivity contribution >= 4 is 9.84 Å². The highest BCUT2D eigenvalue weighted by Gasteiger charge is 2.12. The summed E-state index contributed by atoms with van der Waals surface area (Å²) in [5, 5.41) is 3.34. The monoisotopic (exact) mass is 285 g/mol. The van der Waals surface area contributed by atoms with Crippen molar-refractivity contribution in [2.24, 2.45) is 0 Å². The molecule has 0 aliphatic heterocycles. The zero-order chi connectivity index (χ0) is 14.3. The number of sulfone groups is 1. The Morgan fingerprint density at radius 3 is 2.32 bits per heavy atom. The second kappa shape index (κ2) is 7.62. The summed E-state index contributed by atoms with van der Waals surface area (Å²) in [5.41, 5.74) is 1.05. The van der Waals surface area contributed by atoms with Crippen molar-refractivity contribution in [3.05, 3.63) is 29.8 Å². The summed E-state index contributed by atoms with van der Waals surface area (Å²) in [6, 6.07) is 7.09. The summed E-state index contributed by atoms with van der Waals surface area (Å²) in [6.07, 6.45) is 2.21. The number of likely N-dealkylation sites (N-methyl/N-ethyl adjacent to an activating group) is 1. The van der Waals surface area contributed by atoms with Crippen molar-refractivity contribution in [3.8, 4) is 0 Å². The van der Waals surface area contributed by atoms with Crippen LogP contribution < -0.4 is 5.32 Å². The smallest absolute Gasteiger partial charge is 0.175 e. The van der Waals surface area contributed by atoms with Crippen LogP contribution in [0.25, 0.3) is 0 Å². The van der Waals surface area contributed by atoms with E-state index in [-0.39, 0.29) is 6.04 Å². The van der Waals surface area contributed by atoms with E-state index in [1.54, 1.807) is 12.1 Å². The standard InChI is InChI=1S/C14H23NO3S/c1-4-10-18-11-14(15-5-2)12-6-8-13(9-7-12)19(3,16)17/h6-9,14-15H,4-5,10-11H2,1-3H3. The predicted octanol–water partition coefficient (Wildman–Crippen LogP) is 2.17. The molecule has 1 aromatic rings. The Kier molecular flexibility index (Phi) is 6.48. The Labute approximate surface area is 116 Å². The summed E-state index contributed by atoms with van der Waals surface area (Å²) in [4.78, 5) is 0.348. The second-order valence-electron chi connectivity index (χ2n) is 4.53. The van der Waals surface area contributed by atoms with Gasteiger partial charge in [0, 0.05) is 12.9 Å². The van der Waals surface area contributed by atoms with Crippen LogP contribution in [0.5, 0.6) is 0 Å². The number of benzene rings is 1. The number of hydrogen-bond donors (Lipinski definition) is 1. The van der Waals surface area contributed by atoms with Gasteiger partial charge in [0.2, 0.25) is 0 Å². The maximum absolute atomic E-state index is 11.4. The molecule has 0 heterocycles. The lowest BCUT2D eigenvalue weighted by Crippen LogP contribution is -2.25. The molecule has 0 amide bonds. The molecule has 0 spiro atoms. The maximum atomic E-state index is 11.4. The minimum atomic E-state index is -3.13. The van der Waals surface area contributed by atoms with Gasteiger partial charge in [-0.3, -0.25) is 0 Å². The Morgan fingerprint density at radius 1 is 1.21 bits per heavy atom. The van der Waals surface area contributed by atoms with E-state index in [0.717, 1.165) is 25.1 Å². The SMILES string of the molecule is CCCOCC(NCC)c1ccc(S(C)(=O)=O)cc1. The lowest BCUT2D eigenvalue weighted by molar-refractivity contribution is 0.112. The molecule has 0 aromatic heterocycles. The molecule has 4 nitrogen and oxygen atoms in total. The van der Waals surface area contributed by atoms with Crippen LogP contribution in [0.2, 0.25) is 0 Å². The molecule has 1 aromatic carbocycles. The van der Waals surface area contributed by atoms with Gasteiger partial charge < -0.3 is 10.1 Å². The van der Waals surface area contributed by atoms with Crippen LogP contribution in [0.4, 0.5) is 0 Å². The predicted molar refractivity (Wildman–Crippen MR) is 77.1 cm³/mol. The molecular formula is C14H23NO3S. The normalized spacial score (nSPS) is 13.4. The molecular weight excluding hydrogens is 262 g/mol. The van der Waals surface area contributed by atoms with Gasteiger partial charge in [-0.15, -0.1) is 0 Å². The minimum Gasteiger partial charge on any atom is -0.379 e. The van der Waals surface area contributed by atoms with Gasteiger partial charge in [0.1, 0.15) is 0 Å². The van der Waals surface area contributed by atoms with E-state index >= 15 is 0 Å². The van der Waals surface area contributed by atoms with Crippen molar-refractivity contribution in [3.63, 3.8) is 0 Å². The van der Waals surface area contributed by atoms with Crippen LogP contribution >= 0.6 is 0 Å². The van der Waals surface area contributed by atoms with Gasteiger partial charge in [0.05, 0.1) is 17.5 Å². The molecule has 0 fully saturated rings. The van der Waals surface area contributed by atoms with Crippen LogP contribution in [0.1, 0.15) is 31.9 Å². The van der Waals surface area contributed by atoms with Crippen molar-refractivity contribution in [2.75, 3.05) is 26.0 Å². The van der Waals surface area contributed by atoms with Crippen molar-refractivity contribution in [1.82, 2.24) is 5.32 Å². The van der Waals surface area contributed by atoms with Gasteiger partial charge in [-0.05, 0) is 30.7 Å². The van der Waals surface area contributed by atoms with Gasteiger partial charge in [-0.1, -0.05) is 26.0 Å². The van der Waals surface area contributed by atoms with Gasteiger partial charge >= 0.3 is 0 Å². The number of rotatable bonds is 8. The zero-order valence-electron chi connectivity index (χ0n) is 11.8. The number of hydrogen-bond acceptors (Lipinski definition) is 4. The summed E-state index contributed by atoms with van der Waals surface area (Å²) in [7, 11) is -3.13. The van der Waals surface area contributed by atoms with Gasteiger partial charge in [-0.25, -0.2) is 8.42 Å². The minimum absolute atomic E-state index is 0.102. The summed E-state index contributed by atoms with van der Waals surface area (Å²) in [5.74, 6) is 0. The Hall–Kier alpha value is -0.910. The summed E-state index contributed by atoms with van der Waals surface area (Å²) < 4.78 is 28.4. The maximum Gasteiger partial charge on any atom is 0.175 e. The van der Waals surface area contributed by atoms with Gasteiger partial charge in [-0.2, -0.15) is 0 Å². The third-order valence-electron chi connectivity index (χ3n) is 2.79. The fourth-order valence-corrected chi connectivity index (χ4v) is 2.44. The Bertz CT molecular complexity index is 468. The molecule has 0 bridgehead atoms. The highest BCUT2D eigenvalue weighted by molar-refractivity contribution is 7.90. The number of nitrogens with one attached hydrogen (secondary N) is 1. The third kappa shape index (κ3) is 5.30. The molecule has 0 saturated heterocycles. The first-order valence-electron chi connectivity index (χ1n) is 6.60. The molecule has 1 unspecified atom stereocenters. The van der Waals surface area contributed by atoms with E-state index in [0.29, 0.717) is 11.5 Å². The molecule has 0 aliphatic carbocycles. The molecule has 0 radical (unpaired) electrons. The molecule has 0 aliphatic rings. The lowest BCUT2D eigenvalue weighted by Gasteiger charge is -2.18. The van der Waals surface area contributed by atoms with Crippen molar-refractivity contribution in [1.29, 1.82) is 0 Å². The topological polar surface area (TPSA) is 55.4 Å². The summed E-state index contributed by atoms with van der Waals surface area (Å²) in [6.45, 7) is 6.29. The van der Waals surface area contributed by atoms with Crippen LogP contribution in [-0.4, -0.2) is 34.4 Å². The van der Waals surface area contributed by atoms with E-state index < -0.39 is 9.84 Å². The zero-order valence-corrected chi connectivity index (χ0v) is 12.7. The molecule has 5 heteroatoms. The highest BCUT2D eigenvalue weighted by Crippen LogP contribution is 2.17. The second-order valence-corrected chi connectivity index (χ2v) is 6.54. The third-order valence-corrected chi connectivity index (χ3v) is 3.92. The Morgan fingerprint density at radius 2 is 1.84 bits per heavy atom. The fraction of sp³-hybridized carbons (Fsp3) is 0.571. The van der Waals surface area contributed by atoms with E-state index in [1.807, 2.05) is 19.1 Å². The average molecular weight is 285 g/mol. The van der Waals surface area contributed by atoms with E-state index in [4.69, 9.17) is 4.74 Å². The van der Waals surface area contributed by atoms with Crippen LogP contribution in [-0.2, 0) is 14.6 Å². The Balaban J connectivity index is 2.79. The molecule has 108 valence electrons. The molecule has 1 atom stereocenters. The fourth-order valence-electron chi connectivity index (χ4n) is 1.81. The summed E-state index contributed by atoms with van der Waals surface area (Å²) >= 11 is 0. The van der Waals surface area contributed by atoms with Gasteiger partial charge in [0.15, 0.2) is 9.84 Å². The van der Waals surface area contributed by atoms with Crippen molar-refractivity contribution < 1.29 is 13.2 Å².